The average molecular weight is 249 g/mol. The number of nitrogens with zero attached hydrogens (tertiary/aromatic N) is 1. The van der Waals surface area contributed by atoms with Crippen molar-refractivity contribution in [2.75, 3.05) is 12.8 Å². The number of thiazole rings is 1. The first-order valence-electron chi connectivity index (χ1n) is 5.30. The Labute approximate surface area is 104 Å². The minimum Gasteiger partial charge on any atom is -0.497 e. The molecule has 0 bridgehead atoms. The first kappa shape index (κ1) is 11.9. The van der Waals surface area contributed by atoms with Crippen molar-refractivity contribution in [3.63, 3.8) is 0 Å². The molecule has 90 valence electrons. The molecule has 1 aromatic heterocycles. The van der Waals surface area contributed by atoms with E-state index in [1.807, 2.05) is 29.1 Å². The number of aromatic nitrogens is 1. The van der Waals surface area contributed by atoms with E-state index in [0.717, 1.165) is 29.2 Å². The Morgan fingerprint density at radius 1 is 1.41 bits per heavy atom. The number of methoxy groups -OCH3 is 1. The van der Waals surface area contributed by atoms with Crippen LogP contribution in [0.1, 0.15) is 11.3 Å². The largest absolute Gasteiger partial charge is 0.497 e. The zero-order chi connectivity index (χ0) is 12.1. The lowest BCUT2D eigenvalue weighted by atomic mass is 10.1. The Morgan fingerprint density at radius 3 is 3.00 bits per heavy atom. The molecule has 0 unspecified atom stereocenters. The van der Waals surface area contributed by atoms with Gasteiger partial charge < -0.3 is 15.8 Å². The van der Waals surface area contributed by atoms with Crippen molar-refractivity contribution in [3.05, 3.63) is 40.3 Å². The minimum atomic E-state index is 0.709. The van der Waals surface area contributed by atoms with Crippen molar-refractivity contribution < 1.29 is 4.74 Å². The van der Waals surface area contributed by atoms with Crippen molar-refractivity contribution in [1.82, 2.24) is 10.3 Å². The molecule has 5 heteroatoms. The van der Waals surface area contributed by atoms with Crippen LogP contribution in [0.2, 0.25) is 0 Å². The van der Waals surface area contributed by atoms with E-state index in [4.69, 9.17) is 10.5 Å². The predicted molar refractivity (Wildman–Crippen MR) is 70.1 cm³/mol. The number of anilines is 1. The number of nitrogen functional groups attached to an aromatic ring is 1. The molecule has 0 aliphatic heterocycles. The third kappa shape index (κ3) is 3.18. The summed E-state index contributed by atoms with van der Waals surface area (Å²) in [6.07, 6.45) is 0. The second-order valence-corrected chi connectivity index (χ2v) is 4.37. The Bertz CT molecular complexity index is 471. The van der Waals surface area contributed by atoms with Crippen molar-refractivity contribution in [2.24, 2.45) is 0 Å². The van der Waals surface area contributed by atoms with E-state index in [0.29, 0.717) is 6.54 Å². The fourth-order valence-corrected chi connectivity index (χ4v) is 2.07. The summed E-state index contributed by atoms with van der Waals surface area (Å²) in [5.41, 5.74) is 10.6. The summed E-state index contributed by atoms with van der Waals surface area (Å²) in [7, 11) is 1.65. The van der Waals surface area contributed by atoms with Crippen molar-refractivity contribution in [2.45, 2.75) is 13.1 Å². The maximum atomic E-state index is 5.89. The van der Waals surface area contributed by atoms with Gasteiger partial charge in [0.25, 0.3) is 0 Å². The van der Waals surface area contributed by atoms with Gasteiger partial charge in [0, 0.05) is 24.2 Å². The van der Waals surface area contributed by atoms with Gasteiger partial charge in [-0.1, -0.05) is 0 Å². The van der Waals surface area contributed by atoms with Gasteiger partial charge in [0.2, 0.25) is 0 Å². The highest BCUT2D eigenvalue weighted by molar-refractivity contribution is 7.07. The van der Waals surface area contributed by atoms with E-state index in [1.54, 1.807) is 18.4 Å². The number of hydrogen-bond acceptors (Lipinski definition) is 5. The van der Waals surface area contributed by atoms with Crippen LogP contribution >= 0.6 is 11.3 Å². The Kier molecular flexibility index (Phi) is 3.95. The summed E-state index contributed by atoms with van der Waals surface area (Å²) in [4.78, 5) is 4.20. The monoisotopic (exact) mass is 249 g/mol. The third-order valence-electron chi connectivity index (χ3n) is 2.46. The molecule has 0 atom stereocenters. The molecule has 4 nitrogen and oxygen atoms in total. The van der Waals surface area contributed by atoms with E-state index >= 15 is 0 Å². The quantitative estimate of drug-likeness (QED) is 0.796. The normalized spacial score (nSPS) is 10.4. The van der Waals surface area contributed by atoms with Gasteiger partial charge >= 0.3 is 0 Å². The molecule has 0 fully saturated rings. The molecule has 0 aliphatic rings. The maximum absolute atomic E-state index is 5.89. The lowest BCUT2D eigenvalue weighted by Gasteiger charge is -2.08. The second-order valence-electron chi connectivity index (χ2n) is 3.65. The highest BCUT2D eigenvalue weighted by Crippen LogP contribution is 2.19. The van der Waals surface area contributed by atoms with Crippen molar-refractivity contribution >= 4 is 17.0 Å². The zero-order valence-electron chi connectivity index (χ0n) is 9.64. The molecule has 0 aliphatic carbocycles. The van der Waals surface area contributed by atoms with Gasteiger partial charge in [-0.15, -0.1) is 11.3 Å². The Morgan fingerprint density at radius 2 is 2.29 bits per heavy atom. The molecule has 17 heavy (non-hydrogen) atoms. The fourth-order valence-electron chi connectivity index (χ4n) is 1.51. The second kappa shape index (κ2) is 5.65. The number of hydrogen-bond donors (Lipinski definition) is 2. The van der Waals surface area contributed by atoms with Gasteiger partial charge in [-0.3, -0.25) is 0 Å². The number of nitrogens with one attached hydrogen (secondary N) is 1. The summed E-state index contributed by atoms with van der Waals surface area (Å²) in [6.45, 7) is 1.46. The summed E-state index contributed by atoms with van der Waals surface area (Å²) < 4.78 is 5.17. The molecule has 0 saturated carbocycles. The first-order valence-corrected chi connectivity index (χ1v) is 6.24. The van der Waals surface area contributed by atoms with Gasteiger partial charge in [0.1, 0.15) is 5.75 Å². The summed E-state index contributed by atoms with van der Waals surface area (Å²) in [5, 5.41) is 5.33. The van der Waals surface area contributed by atoms with E-state index in [2.05, 4.69) is 10.3 Å². The van der Waals surface area contributed by atoms with E-state index in [9.17, 15) is 0 Å². The molecular weight excluding hydrogens is 234 g/mol. The fraction of sp³-hybridized carbons (Fsp3) is 0.250. The molecule has 1 aromatic carbocycles. The molecule has 0 saturated heterocycles. The number of benzene rings is 1. The van der Waals surface area contributed by atoms with Gasteiger partial charge in [-0.2, -0.15) is 0 Å². The van der Waals surface area contributed by atoms with E-state index < -0.39 is 0 Å². The van der Waals surface area contributed by atoms with Gasteiger partial charge in [-0.25, -0.2) is 4.98 Å². The minimum absolute atomic E-state index is 0.709. The van der Waals surface area contributed by atoms with Crippen LogP contribution < -0.4 is 15.8 Å². The first-order chi connectivity index (χ1) is 8.29. The van der Waals surface area contributed by atoms with Crippen LogP contribution in [0.5, 0.6) is 5.75 Å². The highest BCUT2D eigenvalue weighted by atomic mass is 32.1. The van der Waals surface area contributed by atoms with Crippen LogP contribution in [0, 0.1) is 0 Å². The molecule has 0 radical (unpaired) electrons. The SMILES string of the molecule is COc1ccc(N)c(CNCc2cscn2)c1. The van der Waals surface area contributed by atoms with Gasteiger partial charge in [0.15, 0.2) is 0 Å². The van der Waals surface area contributed by atoms with E-state index in [1.165, 1.54) is 0 Å². The van der Waals surface area contributed by atoms with Crippen LogP contribution in [0.25, 0.3) is 0 Å². The summed E-state index contributed by atoms with van der Waals surface area (Å²) in [6, 6.07) is 5.67. The van der Waals surface area contributed by atoms with Crippen LogP contribution in [0.15, 0.2) is 29.1 Å². The standard InChI is InChI=1S/C12H15N3OS/c1-16-11-2-3-12(13)9(4-11)5-14-6-10-7-17-8-15-10/h2-4,7-8,14H,5-6,13H2,1H3. The lowest BCUT2D eigenvalue weighted by Crippen LogP contribution is -2.14. The third-order valence-corrected chi connectivity index (χ3v) is 3.09. The maximum Gasteiger partial charge on any atom is 0.119 e. The number of nitrogens with two attached hydrogens (primary N) is 1. The Hall–Kier alpha value is -1.59. The van der Waals surface area contributed by atoms with Gasteiger partial charge in [-0.05, 0) is 23.8 Å². The Balaban J connectivity index is 1.94. The number of rotatable bonds is 5. The van der Waals surface area contributed by atoms with Crippen LogP contribution in [0.4, 0.5) is 5.69 Å². The zero-order valence-corrected chi connectivity index (χ0v) is 10.5. The molecule has 3 N–H and O–H groups in total. The van der Waals surface area contributed by atoms with Crippen LogP contribution in [-0.2, 0) is 13.1 Å². The molecule has 0 amide bonds. The average Bonchev–Trinajstić information content (AvgIpc) is 2.84. The summed E-state index contributed by atoms with van der Waals surface area (Å²) >= 11 is 1.60. The smallest absolute Gasteiger partial charge is 0.119 e. The van der Waals surface area contributed by atoms with Gasteiger partial charge in [0.05, 0.1) is 18.3 Å². The number of ether oxygens (including phenoxy) is 1. The summed E-state index contributed by atoms with van der Waals surface area (Å²) in [5.74, 6) is 0.824. The van der Waals surface area contributed by atoms with E-state index in [-0.39, 0.29) is 0 Å². The van der Waals surface area contributed by atoms with Crippen LogP contribution in [-0.4, -0.2) is 12.1 Å². The van der Waals surface area contributed by atoms with Crippen molar-refractivity contribution in [1.29, 1.82) is 0 Å². The van der Waals surface area contributed by atoms with Crippen LogP contribution in [0.3, 0.4) is 0 Å². The topological polar surface area (TPSA) is 60.2 Å². The molecule has 2 aromatic rings. The molecular formula is C12H15N3OS. The van der Waals surface area contributed by atoms with Crippen molar-refractivity contribution in [3.8, 4) is 5.75 Å². The lowest BCUT2D eigenvalue weighted by molar-refractivity contribution is 0.414. The molecule has 0 spiro atoms. The molecule has 1 heterocycles. The highest BCUT2D eigenvalue weighted by Gasteiger charge is 2.02. The molecule has 2 rings (SSSR count). The predicted octanol–water partition coefficient (Wildman–Crippen LogP) is 2.02.